The summed E-state index contributed by atoms with van der Waals surface area (Å²) in [7, 11) is 3.06. The first kappa shape index (κ1) is 15.8. The van der Waals surface area contributed by atoms with Crippen LogP contribution in [-0.2, 0) is 0 Å². The molecule has 0 fully saturated rings. The van der Waals surface area contributed by atoms with Gasteiger partial charge in [-0.2, -0.15) is 0 Å². The Morgan fingerprint density at radius 2 is 1.90 bits per heavy atom. The number of halogens is 1. The van der Waals surface area contributed by atoms with Crippen molar-refractivity contribution in [2.24, 2.45) is 0 Å². The van der Waals surface area contributed by atoms with E-state index in [1.165, 1.54) is 13.2 Å². The van der Waals surface area contributed by atoms with Gasteiger partial charge in [-0.1, -0.05) is 6.92 Å². The standard InChI is InChI=1S/C16H20FNO2S/c1-5-18-15(16-10(2)6-7-21-16)11-8-13(19-3)14(20-4)9-12(11)17/h6-9,15,18H,5H2,1-4H3. The number of ether oxygens (including phenoxy) is 2. The molecule has 21 heavy (non-hydrogen) atoms. The average molecular weight is 309 g/mol. The topological polar surface area (TPSA) is 30.5 Å². The van der Waals surface area contributed by atoms with E-state index in [9.17, 15) is 4.39 Å². The van der Waals surface area contributed by atoms with Gasteiger partial charge in [0, 0.05) is 16.5 Å². The Bertz CT molecular complexity index is 612. The second kappa shape index (κ2) is 6.91. The van der Waals surface area contributed by atoms with Crippen LogP contribution >= 0.6 is 11.3 Å². The Balaban J connectivity index is 2.53. The van der Waals surface area contributed by atoms with Gasteiger partial charge in [0.1, 0.15) is 5.82 Å². The molecule has 3 nitrogen and oxygen atoms in total. The summed E-state index contributed by atoms with van der Waals surface area (Å²) >= 11 is 1.62. The first-order valence-corrected chi connectivity index (χ1v) is 7.69. The molecule has 0 aliphatic carbocycles. The highest BCUT2D eigenvalue weighted by Gasteiger charge is 2.22. The largest absolute Gasteiger partial charge is 0.493 e. The minimum absolute atomic E-state index is 0.185. The third kappa shape index (κ3) is 3.19. The van der Waals surface area contributed by atoms with E-state index in [-0.39, 0.29) is 11.9 Å². The van der Waals surface area contributed by atoms with Crippen molar-refractivity contribution in [1.82, 2.24) is 5.32 Å². The fourth-order valence-electron chi connectivity index (χ4n) is 2.32. The first-order valence-electron chi connectivity index (χ1n) is 6.81. The van der Waals surface area contributed by atoms with E-state index in [1.54, 1.807) is 24.5 Å². The van der Waals surface area contributed by atoms with Crippen LogP contribution in [0.2, 0.25) is 0 Å². The van der Waals surface area contributed by atoms with E-state index in [0.717, 1.165) is 17.0 Å². The van der Waals surface area contributed by atoms with Crippen LogP contribution in [-0.4, -0.2) is 20.8 Å². The fraction of sp³-hybridized carbons (Fsp3) is 0.375. The molecule has 2 aromatic rings. The second-order valence-corrected chi connectivity index (χ2v) is 5.63. The highest BCUT2D eigenvalue weighted by Crippen LogP contribution is 2.36. The fourth-order valence-corrected chi connectivity index (χ4v) is 3.34. The van der Waals surface area contributed by atoms with E-state index < -0.39 is 0 Å². The number of hydrogen-bond donors (Lipinski definition) is 1. The lowest BCUT2D eigenvalue weighted by molar-refractivity contribution is 0.351. The Labute approximate surface area is 128 Å². The maximum atomic E-state index is 14.5. The van der Waals surface area contributed by atoms with Crippen molar-refractivity contribution in [3.63, 3.8) is 0 Å². The Hall–Kier alpha value is -1.59. The predicted molar refractivity (Wildman–Crippen MR) is 84.1 cm³/mol. The van der Waals surface area contributed by atoms with Gasteiger partial charge in [0.15, 0.2) is 11.5 Å². The van der Waals surface area contributed by atoms with Gasteiger partial charge in [-0.3, -0.25) is 0 Å². The van der Waals surface area contributed by atoms with Gasteiger partial charge >= 0.3 is 0 Å². The Morgan fingerprint density at radius 3 is 2.43 bits per heavy atom. The molecule has 0 radical (unpaired) electrons. The van der Waals surface area contributed by atoms with Crippen LogP contribution in [0.15, 0.2) is 23.6 Å². The molecule has 1 atom stereocenters. The first-order chi connectivity index (χ1) is 10.1. The number of thiophene rings is 1. The minimum atomic E-state index is -0.300. The highest BCUT2D eigenvalue weighted by atomic mass is 32.1. The molecular weight excluding hydrogens is 289 g/mol. The summed E-state index contributed by atoms with van der Waals surface area (Å²) in [5.41, 5.74) is 1.72. The molecule has 0 saturated carbocycles. The summed E-state index contributed by atoms with van der Waals surface area (Å²) in [4.78, 5) is 1.11. The van der Waals surface area contributed by atoms with E-state index >= 15 is 0 Å². The number of aryl methyl sites for hydroxylation is 1. The highest BCUT2D eigenvalue weighted by molar-refractivity contribution is 7.10. The third-order valence-electron chi connectivity index (χ3n) is 3.39. The molecule has 5 heteroatoms. The number of hydrogen-bond acceptors (Lipinski definition) is 4. The molecule has 0 bridgehead atoms. The quantitative estimate of drug-likeness (QED) is 0.877. The zero-order valence-electron chi connectivity index (χ0n) is 12.7. The molecule has 0 aliphatic rings. The summed E-state index contributed by atoms with van der Waals surface area (Å²) in [5.74, 6) is 0.634. The second-order valence-electron chi connectivity index (χ2n) is 4.69. The maximum absolute atomic E-state index is 14.5. The van der Waals surface area contributed by atoms with Gasteiger partial charge in [0.05, 0.1) is 20.3 Å². The van der Waals surface area contributed by atoms with Crippen LogP contribution in [0.3, 0.4) is 0 Å². The molecule has 0 spiro atoms. The number of benzene rings is 1. The summed E-state index contributed by atoms with van der Waals surface area (Å²) in [6, 6.07) is 4.94. The number of nitrogens with one attached hydrogen (secondary N) is 1. The molecular formula is C16H20FNO2S. The zero-order chi connectivity index (χ0) is 15.4. The SMILES string of the molecule is CCNC(c1cc(OC)c(OC)cc1F)c1sccc1C. The van der Waals surface area contributed by atoms with Crippen molar-refractivity contribution in [3.8, 4) is 11.5 Å². The molecule has 1 aromatic carbocycles. The van der Waals surface area contributed by atoms with Crippen LogP contribution < -0.4 is 14.8 Å². The summed E-state index contributed by atoms with van der Waals surface area (Å²) in [6.07, 6.45) is 0. The van der Waals surface area contributed by atoms with E-state index in [2.05, 4.69) is 5.32 Å². The van der Waals surface area contributed by atoms with Gasteiger partial charge in [-0.15, -0.1) is 11.3 Å². The van der Waals surface area contributed by atoms with Crippen molar-refractivity contribution in [2.45, 2.75) is 19.9 Å². The molecule has 1 heterocycles. The summed E-state index contributed by atoms with van der Waals surface area (Å²) < 4.78 is 24.9. The Kier molecular flexibility index (Phi) is 5.20. The van der Waals surface area contributed by atoms with E-state index in [0.29, 0.717) is 17.1 Å². The lowest BCUT2D eigenvalue weighted by Gasteiger charge is -2.20. The molecule has 1 aromatic heterocycles. The van der Waals surface area contributed by atoms with Gasteiger partial charge in [0.25, 0.3) is 0 Å². The maximum Gasteiger partial charge on any atom is 0.163 e. The van der Waals surface area contributed by atoms with Gasteiger partial charge in [-0.25, -0.2) is 4.39 Å². The van der Waals surface area contributed by atoms with Crippen LogP contribution in [0.25, 0.3) is 0 Å². The van der Waals surface area contributed by atoms with Crippen molar-refractivity contribution in [3.05, 3.63) is 45.4 Å². The van der Waals surface area contributed by atoms with Gasteiger partial charge in [-0.05, 0) is 36.5 Å². The molecule has 1 N–H and O–H groups in total. The summed E-state index contributed by atoms with van der Waals surface area (Å²) in [6.45, 7) is 4.79. The normalized spacial score (nSPS) is 12.2. The van der Waals surface area contributed by atoms with Gasteiger partial charge in [0.2, 0.25) is 0 Å². The smallest absolute Gasteiger partial charge is 0.163 e. The average Bonchev–Trinajstić information content (AvgIpc) is 2.90. The lowest BCUT2D eigenvalue weighted by Crippen LogP contribution is -2.23. The van der Waals surface area contributed by atoms with E-state index in [4.69, 9.17) is 9.47 Å². The lowest BCUT2D eigenvalue weighted by atomic mass is 10.0. The van der Waals surface area contributed by atoms with E-state index in [1.807, 2.05) is 25.3 Å². The molecule has 114 valence electrons. The molecule has 2 rings (SSSR count). The molecule has 0 saturated heterocycles. The van der Waals surface area contributed by atoms with Crippen molar-refractivity contribution >= 4 is 11.3 Å². The van der Waals surface area contributed by atoms with Crippen molar-refractivity contribution in [1.29, 1.82) is 0 Å². The van der Waals surface area contributed by atoms with Crippen molar-refractivity contribution < 1.29 is 13.9 Å². The van der Waals surface area contributed by atoms with Crippen LogP contribution in [0.4, 0.5) is 4.39 Å². The van der Waals surface area contributed by atoms with Crippen molar-refractivity contribution in [2.75, 3.05) is 20.8 Å². The van der Waals surface area contributed by atoms with Crippen LogP contribution in [0.1, 0.15) is 29.0 Å². The van der Waals surface area contributed by atoms with Gasteiger partial charge < -0.3 is 14.8 Å². The predicted octanol–water partition coefficient (Wildman–Crippen LogP) is 3.91. The number of methoxy groups -OCH3 is 2. The van der Waals surface area contributed by atoms with Crippen LogP contribution in [0.5, 0.6) is 11.5 Å². The number of rotatable bonds is 6. The zero-order valence-corrected chi connectivity index (χ0v) is 13.5. The molecule has 0 aliphatic heterocycles. The minimum Gasteiger partial charge on any atom is -0.493 e. The Morgan fingerprint density at radius 1 is 1.24 bits per heavy atom. The molecule has 1 unspecified atom stereocenters. The molecule has 0 amide bonds. The third-order valence-corrected chi connectivity index (χ3v) is 4.47. The van der Waals surface area contributed by atoms with Crippen LogP contribution in [0, 0.1) is 12.7 Å². The summed E-state index contributed by atoms with van der Waals surface area (Å²) in [5, 5.41) is 5.37. The monoisotopic (exact) mass is 309 g/mol.